The lowest BCUT2D eigenvalue weighted by molar-refractivity contribution is -0.301. The first kappa shape index (κ1) is 19.8. The van der Waals surface area contributed by atoms with E-state index in [0.29, 0.717) is 6.61 Å². The molecule has 1 aliphatic rings. The molecule has 0 unspecified atom stereocenters. The van der Waals surface area contributed by atoms with E-state index in [1.54, 1.807) is 0 Å². The summed E-state index contributed by atoms with van der Waals surface area (Å²) < 4.78 is 10.7. The van der Waals surface area contributed by atoms with E-state index in [2.05, 4.69) is 6.92 Å². The van der Waals surface area contributed by atoms with Gasteiger partial charge in [0, 0.05) is 6.61 Å². The quantitative estimate of drug-likeness (QED) is 0.423. The fourth-order valence-electron chi connectivity index (χ4n) is 2.64. The summed E-state index contributed by atoms with van der Waals surface area (Å²) in [6.07, 6.45) is 3.58. The third-order valence-corrected chi connectivity index (χ3v) is 4.13. The zero-order valence-corrected chi connectivity index (χ0v) is 13.6. The van der Waals surface area contributed by atoms with Crippen molar-refractivity contribution in [3.8, 4) is 0 Å². The molecule has 0 amide bonds. The third kappa shape index (κ3) is 6.48. The van der Waals surface area contributed by atoms with E-state index in [1.807, 2.05) is 0 Å². The Labute approximate surface area is 133 Å². The molecule has 22 heavy (non-hydrogen) atoms. The highest BCUT2D eigenvalue weighted by Gasteiger charge is 2.43. The van der Waals surface area contributed by atoms with Crippen molar-refractivity contribution >= 4 is 0 Å². The van der Waals surface area contributed by atoms with E-state index >= 15 is 0 Å². The number of ether oxygens (including phenoxy) is 2. The van der Waals surface area contributed by atoms with Crippen LogP contribution in [0.15, 0.2) is 0 Å². The number of unbranched alkanes of at least 4 members (excludes halogenated alkanes) is 7. The molecular formula is C16H32O6. The standard InChI is InChI=1S/C16H32O6/c1-2-3-4-5-6-7-8-9-10-21-16-15(20)14(19)13(18)12(11-17)22-16/h12-20H,2-11H2,1H3/t12-,13-,14+,15-,16-/m1/s1. The summed E-state index contributed by atoms with van der Waals surface area (Å²) in [6, 6.07) is 0. The van der Waals surface area contributed by atoms with Gasteiger partial charge in [0.15, 0.2) is 6.29 Å². The number of rotatable bonds is 11. The van der Waals surface area contributed by atoms with Crippen LogP contribution in [0.5, 0.6) is 0 Å². The summed E-state index contributed by atoms with van der Waals surface area (Å²) in [7, 11) is 0. The zero-order chi connectivity index (χ0) is 16.4. The minimum Gasteiger partial charge on any atom is -0.394 e. The highest BCUT2D eigenvalue weighted by atomic mass is 16.7. The van der Waals surface area contributed by atoms with Crippen LogP contribution in [0, 0.1) is 0 Å². The van der Waals surface area contributed by atoms with Gasteiger partial charge in [-0.1, -0.05) is 51.9 Å². The van der Waals surface area contributed by atoms with Gasteiger partial charge in [-0.15, -0.1) is 0 Å². The summed E-state index contributed by atoms with van der Waals surface area (Å²) in [4.78, 5) is 0. The highest BCUT2D eigenvalue weighted by Crippen LogP contribution is 2.22. The minimum absolute atomic E-state index is 0.428. The van der Waals surface area contributed by atoms with Crippen LogP contribution in [0.4, 0.5) is 0 Å². The molecular weight excluding hydrogens is 288 g/mol. The van der Waals surface area contributed by atoms with Gasteiger partial charge in [-0.3, -0.25) is 0 Å². The Morgan fingerprint density at radius 2 is 1.41 bits per heavy atom. The largest absolute Gasteiger partial charge is 0.394 e. The van der Waals surface area contributed by atoms with Gasteiger partial charge in [-0.25, -0.2) is 0 Å². The van der Waals surface area contributed by atoms with Crippen LogP contribution in [0.2, 0.25) is 0 Å². The van der Waals surface area contributed by atoms with Gasteiger partial charge < -0.3 is 29.9 Å². The van der Waals surface area contributed by atoms with Gasteiger partial charge in [-0.2, -0.15) is 0 Å². The molecule has 0 aromatic heterocycles. The second-order valence-electron chi connectivity index (χ2n) is 6.04. The van der Waals surface area contributed by atoms with Crippen LogP contribution >= 0.6 is 0 Å². The van der Waals surface area contributed by atoms with Crippen LogP contribution in [0.3, 0.4) is 0 Å². The van der Waals surface area contributed by atoms with E-state index < -0.39 is 37.3 Å². The first-order valence-electron chi connectivity index (χ1n) is 8.54. The van der Waals surface area contributed by atoms with Crippen molar-refractivity contribution in [1.82, 2.24) is 0 Å². The molecule has 4 N–H and O–H groups in total. The van der Waals surface area contributed by atoms with Crippen molar-refractivity contribution < 1.29 is 29.9 Å². The van der Waals surface area contributed by atoms with E-state index in [9.17, 15) is 15.3 Å². The van der Waals surface area contributed by atoms with Gasteiger partial charge in [0.25, 0.3) is 0 Å². The minimum atomic E-state index is -1.37. The monoisotopic (exact) mass is 320 g/mol. The Kier molecular flexibility index (Phi) is 10.2. The van der Waals surface area contributed by atoms with Crippen molar-refractivity contribution in [3.05, 3.63) is 0 Å². The molecule has 132 valence electrons. The molecule has 5 atom stereocenters. The number of aliphatic hydroxyl groups excluding tert-OH is 4. The fourth-order valence-corrected chi connectivity index (χ4v) is 2.64. The molecule has 0 saturated carbocycles. The van der Waals surface area contributed by atoms with Crippen LogP contribution in [0.1, 0.15) is 58.3 Å². The predicted octanol–water partition coefficient (Wildman–Crippen LogP) is 0.944. The summed E-state index contributed by atoms with van der Waals surface area (Å²) >= 11 is 0. The number of hydrogen-bond donors (Lipinski definition) is 4. The van der Waals surface area contributed by atoms with Gasteiger partial charge in [-0.05, 0) is 6.42 Å². The van der Waals surface area contributed by atoms with E-state index in [-0.39, 0.29) is 0 Å². The SMILES string of the molecule is CCCCCCCCCCO[C@@H]1O[C@H](CO)[C@@H](O)[C@H](O)[C@H]1O. The van der Waals surface area contributed by atoms with Crippen molar-refractivity contribution in [2.75, 3.05) is 13.2 Å². The molecule has 0 aromatic rings. The summed E-state index contributed by atoms with van der Waals surface area (Å²) in [5.74, 6) is 0. The Morgan fingerprint density at radius 3 is 2.00 bits per heavy atom. The van der Waals surface area contributed by atoms with E-state index in [0.717, 1.165) is 12.8 Å². The smallest absolute Gasteiger partial charge is 0.186 e. The van der Waals surface area contributed by atoms with Gasteiger partial charge in [0.1, 0.15) is 24.4 Å². The van der Waals surface area contributed by atoms with Crippen LogP contribution in [-0.2, 0) is 9.47 Å². The van der Waals surface area contributed by atoms with E-state index in [1.165, 1.54) is 38.5 Å². The summed E-state index contributed by atoms with van der Waals surface area (Å²) in [5, 5.41) is 38.2. The maximum Gasteiger partial charge on any atom is 0.186 e. The van der Waals surface area contributed by atoms with Crippen molar-refractivity contribution in [2.24, 2.45) is 0 Å². The number of aliphatic hydroxyl groups is 4. The third-order valence-electron chi connectivity index (χ3n) is 4.13. The topological polar surface area (TPSA) is 99.4 Å². The molecule has 0 spiro atoms. The molecule has 1 aliphatic heterocycles. The Morgan fingerprint density at radius 1 is 0.818 bits per heavy atom. The molecule has 6 heteroatoms. The first-order chi connectivity index (χ1) is 10.6. The first-order valence-corrected chi connectivity index (χ1v) is 8.54. The summed E-state index contributed by atoms with van der Waals surface area (Å²) in [5.41, 5.74) is 0. The van der Waals surface area contributed by atoms with Crippen molar-refractivity contribution in [3.63, 3.8) is 0 Å². The Hall–Kier alpha value is -0.240. The predicted molar refractivity (Wildman–Crippen MR) is 82.3 cm³/mol. The second-order valence-corrected chi connectivity index (χ2v) is 6.04. The lowest BCUT2D eigenvalue weighted by Gasteiger charge is -2.39. The highest BCUT2D eigenvalue weighted by molar-refractivity contribution is 4.88. The normalized spacial score (nSPS) is 32.3. The molecule has 1 saturated heterocycles. The maximum atomic E-state index is 9.80. The zero-order valence-electron chi connectivity index (χ0n) is 13.6. The summed E-state index contributed by atoms with van der Waals surface area (Å²) in [6.45, 7) is 2.20. The molecule has 0 aromatic carbocycles. The van der Waals surface area contributed by atoms with Crippen molar-refractivity contribution in [2.45, 2.75) is 89.0 Å². The van der Waals surface area contributed by atoms with Crippen LogP contribution < -0.4 is 0 Å². The Bertz CT molecular complexity index is 273. The molecule has 1 heterocycles. The molecule has 0 aliphatic carbocycles. The van der Waals surface area contributed by atoms with Crippen LogP contribution in [-0.4, -0.2) is 64.3 Å². The Balaban J connectivity index is 2.11. The lowest BCUT2D eigenvalue weighted by Crippen LogP contribution is -2.59. The molecule has 6 nitrogen and oxygen atoms in total. The average Bonchev–Trinajstić information content (AvgIpc) is 2.53. The lowest BCUT2D eigenvalue weighted by atomic mass is 9.99. The van der Waals surface area contributed by atoms with Gasteiger partial charge in [0.05, 0.1) is 6.61 Å². The average molecular weight is 320 g/mol. The maximum absolute atomic E-state index is 9.80. The molecule has 0 bridgehead atoms. The molecule has 1 rings (SSSR count). The fraction of sp³-hybridized carbons (Fsp3) is 1.00. The number of hydrogen-bond acceptors (Lipinski definition) is 6. The van der Waals surface area contributed by atoms with Gasteiger partial charge in [0.2, 0.25) is 0 Å². The van der Waals surface area contributed by atoms with Gasteiger partial charge >= 0.3 is 0 Å². The van der Waals surface area contributed by atoms with Crippen LogP contribution in [0.25, 0.3) is 0 Å². The second kappa shape index (κ2) is 11.3. The van der Waals surface area contributed by atoms with E-state index in [4.69, 9.17) is 14.6 Å². The van der Waals surface area contributed by atoms with Crippen molar-refractivity contribution in [1.29, 1.82) is 0 Å². The molecule has 0 radical (unpaired) electrons. The molecule has 1 fully saturated rings.